The number of guanidine groups is 1. The minimum atomic E-state index is 0.562. The largest absolute Gasteiger partial charge is 0.493 e. The summed E-state index contributed by atoms with van der Waals surface area (Å²) in [7, 11) is 3.27. The second-order valence-electron chi connectivity index (χ2n) is 5.64. The highest BCUT2D eigenvalue weighted by molar-refractivity contribution is 7.11. The number of nitrogens with zero attached hydrogens (tertiary/aromatic N) is 2. The third-order valence-corrected chi connectivity index (χ3v) is 4.99. The van der Waals surface area contributed by atoms with E-state index >= 15 is 0 Å². The first-order chi connectivity index (χ1) is 12.7. The fourth-order valence-corrected chi connectivity index (χ4v) is 3.27. The van der Waals surface area contributed by atoms with Crippen LogP contribution >= 0.6 is 11.3 Å². The highest BCUT2D eigenvalue weighted by atomic mass is 32.1. The van der Waals surface area contributed by atoms with Crippen LogP contribution in [0.5, 0.6) is 11.5 Å². The average Bonchev–Trinajstić information content (AvgIpc) is 3.13. The van der Waals surface area contributed by atoms with Crippen LogP contribution in [0.2, 0.25) is 0 Å². The Balaban J connectivity index is 1.93. The molecule has 1 aromatic heterocycles. The maximum atomic E-state index is 5.35. The molecule has 0 saturated heterocycles. The van der Waals surface area contributed by atoms with Crippen LogP contribution in [0.4, 0.5) is 0 Å². The van der Waals surface area contributed by atoms with Crippen LogP contribution in [-0.2, 0) is 19.4 Å². The summed E-state index contributed by atoms with van der Waals surface area (Å²) in [4.78, 5) is 10.4. The number of nitrogens with one attached hydrogen (secondary N) is 2. The van der Waals surface area contributed by atoms with Crippen molar-refractivity contribution in [3.63, 3.8) is 0 Å². The van der Waals surface area contributed by atoms with Crippen molar-refractivity contribution in [1.29, 1.82) is 0 Å². The summed E-state index contributed by atoms with van der Waals surface area (Å²) in [6.45, 7) is 6.39. The van der Waals surface area contributed by atoms with Gasteiger partial charge in [0, 0.05) is 30.6 Å². The van der Waals surface area contributed by atoms with Crippen molar-refractivity contribution in [2.75, 3.05) is 27.3 Å². The quantitative estimate of drug-likeness (QED) is 0.520. The number of rotatable bonds is 9. The molecule has 0 bridgehead atoms. The van der Waals surface area contributed by atoms with Gasteiger partial charge in [-0.1, -0.05) is 13.0 Å². The zero-order valence-corrected chi connectivity index (χ0v) is 16.8. The number of hydrogen-bond acceptors (Lipinski definition) is 5. The number of thiazole rings is 1. The van der Waals surface area contributed by atoms with Crippen LogP contribution in [0, 0.1) is 0 Å². The van der Waals surface area contributed by atoms with Crippen molar-refractivity contribution in [2.24, 2.45) is 4.99 Å². The molecule has 0 fully saturated rings. The van der Waals surface area contributed by atoms with E-state index in [9.17, 15) is 0 Å². The van der Waals surface area contributed by atoms with Gasteiger partial charge in [0.25, 0.3) is 0 Å². The van der Waals surface area contributed by atoms with Crippen LogP contribution in [0.1, 0.15) is 29.3 Å². The molecule has 1 heterocycles. The van der Waals surface area contributed by atoms with E-state index in [1.165, 1.54) is 4.88 Å². The number of ether oxygens (including phenoxy) is 2. The van der Waals surface area contributed by atoms with Crippen LogP contribution in [0.3, 0.4) is 0 Å². The highest BCUT2D eigenvalue weighted by Crippen LogP contribution is 2.27. The SMILES string of the molecule is CCNC(=NCc1ccc(OC)c(OC)c1)NCCc1ncc(CC)s1. The van der Waals surface area contributed by atoms with E-state index in [0.29, 0.717) is 12.3 Å². The molecule has 0 spiro atoms. The van der Waals surface area contributed by atoms with Gasteiger partial charge in [0.2, 0.25) is 0 Å². The van der Waals surface area contributed by atoms with E-state index in [4.69, 9.17) is 9.47 Å². The summed E-state index contributed by atoms with van der Waals surface area (Å²) in [6, 6.07) is 5.85. The second kappa shape index (κ2) is 10.7. The van der Waals surface area contributed by atoms with Crippen molar-refractivity contribution >= 4 is 17.3 Å². The molecule has 0 radical (unpaired) electrons. The molecular weight excluding hydrogens is 348 g/mol. The minimum absolute atomic E-state index is 0.562. The Morgan fingerprint density at radius 1 is 1.15 bits per heavy atom. The molecule has 142 valence electrons. The standard InChI is InChI=1S/C19H28N4O2S/c1-5-15-13-22-18(26-15)9-10-21-19(20-6-2)23-12-14-7-8-16(24-3)17(11-14)25-4/h7-8,11,13H,5-6,9-10,12H2,1-4H3,(H2,20,21,23). The van der Waals surface area contributed by atoms with E-state index < -0.39 is 0 Å². The van der Waals surface area contributed by atoms with Gasteiger partial charge >= 0.3 is 0 Å². The predicted octanol–water partition coefficient (Wildman–Crippen LogP) is 3.02. The van der Waals surface area contributed by atoms with Crippen LogP contribution < -0.4 is 20.1 Å². The summed E-state index contributed by atoms with van der Waals surface area (Å²) in [5, 5.41) is 7.80. The van der Waals surface area contributed by atoms with Crippen molar-refractivity contribution < 1.29 is 9.47 Å². The molecule has 2 aromatic rings. The Morgan fingerprint density at radius 2 is 1.96 bits per heavy atom. The minimum Gasteiger partial charge on any atom is -0.493 e. The van der Waals surface area contributed by atoms with E-state index in [1.54, 1.807) is 25.6 Å². The Hall–Kier alpha value is -2.28. The number of aliphatic imine (C=N–C) groups is 1. The predicted molar refractivity (Wildman–Crippen MR) is 108 cm³/mol. The number of benzene rings is 1. The molecule has 2 N–H and O–H groups in total. The van der Waals surface area contributed by atoms with Crippen molar-refractivity contribution in [3.8, 4) is 11.5 Å². The van der Waals surface area contributed by atoms with Gasteiger partial charge in [-0.3, -0.25) is 0 Å². The third kappa shape index (κ3) is 5.91. The molecule has 0 amide bonds. The fraction of sp³-hybridized carbons (Fsp3) is 0.474. The van der Waals surface area contributed by atoms with E-state index in [2.05, 4.69) is 34.5 Å². The summed E-state index contributed by atoms with van der Waals surface area (Å²) in [5.41, 5.74) is 1.06. The van der Waals surface area contributed by atoms with Gasteiger partial charge in [-0.15, -0.1) is 11.3 Å². The number of hydrogen-bond donors (Lipinski definition) is 2. The molecule has 0 aliphatic heterocycles. The summed E-state index contributed by atoms with van der Waals surface area (Å²) < 4.78 is 10.6. The second-order valence-corrected chi connectivity index (χ2v) is 6.83. The lowest BCUT2D eigenvalue weighted by Crippen LogP contribution is -2.38. The Morgan fingerprint density at radius 3 is 2.62 bits per heavy atom. The Kier molecular flexibility index (Phi) is 8.21. The first-order valence-electron chi connectivity index (χ1n) is 8.86. The third-order valence-electron chi connectivity index (χ3n) is 3.79. The lowest BCUT2D eigenvalue weighted by atomic mass is 10.2. The average molecular weight is 377 g/mol. The van der Waals surface area contributed by atoms with Gasteiger partial charge in [0.1, 0.15) is 0 Å². The zero-order chi connectivity index (χ0) is 18.8. The fourth-order valence-electron chi connectivity index (χ4n) is 2.41. The zero-order valence-electron chi connectivity index (χ0n) is 16.0. The number of aryl methyl sites for hydroxylation is 1. The molecule has 0 unspecified atom stereocenters. The summed E-state index contributed by atoms with van der Waals surface area (Å²) in [5.74, 6) is 2.24. The van der Waals surface area contributed by atoms with E-state index in [1.807, 2.05) is 24.4 Å². The summed E-state index contributed by atoms with van der Waals surface area (Å²) in [6.07, 6.45) is 3.91. The molecule has 2 rings (SSSR count). The first kappa shape index (κ1) is 20.0. The number of methoxy groups -OCH3 is 2. The van der Waals surface area contributed by atoms with Crippen LogP contribution in [0.15, 0.2) is 29.4 Å². The van der Waals surface area contributed by atoms with E-state index in [-0.39, 0.29) is 0 Å². The molecule has 6 nitrogen and oxygen atoms in total. The molecular formula is C19H28N4O2S. The van der Waals surface area contributed by atoms with Crippen molar-refractivity contribution in [2.45, 2.75) is 33.2 Å². The molecule has 0 atom stereocenters. The van der Waals surface area contributed by atoms with E-state index in [0.717, 1.165) is 48.2 Å². The van der Waals surface area contributed by atoms with Crippen molar-refractivity contribution in [3.05, 3.63) is 39.8 Å². The molecule has 7 heteroatoms. The van der Waals surface area contributed by atoms with Gasteiger partial charge in [0.05, 0.1) is 25.8 Å². The van der Waals surface area contributed by atoms with Gasteiger partial charge in [-0.05, 0) is 31.0 Å². The topological polar surface area (TPSA) is 67.8 Å². The number of aromatic nitrogens is 1. The first-order valence-corrected chi connectivity index (χ1v) is 9.68. The van der Waals surface area contributed by atoms with Crippen LogP contribution in [0.25, 0.3) is 0 Å². The lowest BCUT2D eigenvalue weighted by Gasteiger charge is -2.11. The Labute approximate surface area is 159 Å². The molecule has 26 heavy (non-hydrogen) atoms. The van der Waals surface area contributed by atoms with Gasteiger partial charge < -0.3 is 20.1 Å². The van der Waals surface area contributed by atoms with Gasteiger partial charge in [-0.25, -0.2) is 9.98 Å². The molecule has 0 aliphatic carbocycles. The summed E-state index contributed by atoms with van der Waals surface area (Å²) >= 11 is 1.78. The Bertz CT molecular complexity index is 715. The smallest absolute Gasteiger partial charge is 0.191 e. The maximum absolute atomic E-state index is 5.35. The lowest BCUT2D eigenvalue weighted by molar-refractivity contribution is 0.354. The van der Waals surface area contributed by atoms with Gasteiger partial charge in [0.15, 0.2) is 17.5 Å². The maximum Gasteiger partial charge on any atom is 0.191 e. The highest BCUT2D eigenvalue weighted by Gasteiger charge is 2.05. The molecule has 0 aliphatic rings. The van der Waals surface area contributed by atoms with Crippen molar-refractivity contribution in [1.82, 2.24) is 15.6 Å². The normalized spacial score (nSPS) is 11.3. The molecule has 1 aromatic carbocycles. The van der Waals surface area contributed by atoms with Crippen LogP contribution in [-0.4, -0.2) is 38.3 Å². The molecule has 0 saturated carbocycles. The monoisotopic (exact) mass is 376 g/mol. The van der Waals surface area contributed by atoms with Gasteiger partial charge in [-0.2, -0.15) is 0 Å².